The molecule has 0 fully saturated rings. The molecule has 0 aliphatic rings. The van der Waals surface area contributed by atoms with Gasteiger partial charge in [-0.2, -0.15) is 0 Å². The Morgan fingerprint density at radius 1 is 1.00 bits per heavy atom. The highest BCUT2D eigenvalue weighted by atomic mass is 16.5. The van der Waals surface area contributed by atoms with Crippen LogP contribution >= 0.6 is 0 Å². The summed E-state index contributed by atoms with van der Waals surface area (Å²) >= 11 is 0. The summed E-state index contributed by atoms with van der Waals surface area (Å²) in [7, 11) is 0. The van der Waals surface area contributed by atoms with Gasteiger partial charge in [-0.3, -0.25) is 9.59 Å². The standard InChI is InChI=1S/C21H25NO3/c1-14-5-8-18(9-6-14)12-21(24)25-13-20(23)22-17(4)19-10-7-15(2)16(3)11-19/h5-11,17H,12-13H2,1-4H3,(H,22,23)/t17-/m0/s1. The van der Waals surface area contributed by atoms with Gasteiger partial charge in [-0.05, 0) is 49.9 Å². The quantitative estimate of drug-likeness (QED) is 0.819. The molecule has 0 saturated carbocycles. The highest BCUT2D eigenvalue weighted by Crippen LogP contribution is 2.16. The molecule has 0 spiro atoms. The Morgan fingerprint density at radius 3 is 2.32 bits per heavy atom. The monoisotopic (exact) mass is 339 g/mol. The largest absolute Gasteiger partial charge is 0.455 e. The minimum absolute atomic E-state index is 0.136. The maximum absolute atomic E-state index is 12.0. The van der Waals surface area contributed by atoms with E-state index >= 15 is 0 Å². The molecule has 4 heteroatoms. The van der Waals surface area contributed by atoms with Crippen LogP contribution in [0.2, 0.25) is 0 Å². The molecule has 0 heterocycles. The summed E-state index contributed by atoms with van der Waals surface area (Å²) in [5.41, 5.74) is 5.44. The van der Waals surface area contributed by atoms with Crippen LogP contribution in [0.4, 0.5) is 0 Å². The number of nitrogens with one attached hydrogen (secondary N) is 1. The Kier molecular flexibility index (Phi) is 6.34. The van der Waals surface area contributed by atoms with Crippen molar-refractivity contribution in [2.45, 2.75) is 40.2 Å². The van der Waals surface area contributed by atoms with E-state index in [9.17, 15) is 9.59 Å². The lowest BCUT2D eigenvalue weighted by Crippen LogP contribution is -2.31. The summed E-state index contributed by atoms with van der Waals surface area (Å²) in [6.07, 6.45) is 0.167. The molecule has 2 rings (SSSR count). The summed E-state index contributed by atoms with van der Waals surface area (Å²) in [4.78, 5) is 23.8. The van der Waals surface area contributed by atoms with E-state index in [1.54, 1.807) is 0 Å². The lowest BCUT2D eigenvalue weighted by molar-refractivity contribution is -0.148. The van der Waals surface area contributed by atoms with Gasteiger partial charge in [0, 0.05) is 0 Å². The molecule has 2 aromatic carbocycles. The first-order valence-electron chi connectivity index (χ1n) is 8.43. The lowest BCUT2D eigenvalue weighted by atomic mass is 10.0. The van der Waals surface area contributed by atoms with E-state index in [1.807, 2.05) is 57.2 Å². The fraction of sp³-hybridized carbons (Fsp3) is 0.333. The Bertz CT molecular complexity index is 750. The third kappa shape index (κ3) is 5.75. The van der Waals surface area contributed by atoms with Crippen molar-refractivity contribution in [3.8, 4) is 0 Å². The number of hydrogen-bond donors (Lipinski definition) is 1. The van der Waals surface area contributed by atoms with Crippen molar-refractivity contribution in [2.75, 3.05) is 6.61 Å². The zero-order valence-electron chi connectivity index (χ0n) is 15.3. The second kappa shape index (κ2) is 8.47. The molecule has 1 N–H and O–H groups in total. The summed E-state index contributed by atoms with van der Waals surface area (Å²) in [5, 5.41) is 2.85. The second-order valence-corrected chi connectivity index (χ2v) is 6.46. The molecular formula is C21H25NO3. The Morgan fingerprint density at radius 2 is 1.68 bits per heavy atom. The Labute approximate surface area is 149 Å². The zero-order valence-corrected chi connectivity index (χ0v) is 15.3. The second-order valence-electron chi connectivity index (χ2n) is 6.46. The van der Waals surface area contributed by atoms with Gasteiger partial charge in [0.25, 0.3) is 5.91 Å². The molecule has 0 aliphatic carbocycles. The van der Waals surface area contributed by atoms with Gasteiger partial charge in [-0.15, -0.1) is 0 Å². The van der Waals surface area contributed by atoms with Gasteiger partial charge in [-0.1, -0.05) is 48.0 Å². The molecule has 0 radical (unpaired) electrons. The molecule has 0 unspecified atom stereocenters. The number of ether oxygens (including phenoxy) is 1. The van der Waals surface area contributed by atoms with Gasteiger partial charge >= 0.3 is 5.97 Å². The topological polar surface area (TPSA) is 55.4 Å². The van der Waals surface area contributed by atoms with Gasteiger partial charge in [0.2, 0.25) is 0 Å². The highest BCUT2D eigenvalue weighted by Gasteiger charge is 2.13. The van der Waals surface area contributed by atoms with Crippen LogP contribution in [0.3, 0.4) is 0 Å². The molecule has 1 amide bonds. The summed E-state index contributed by atoms with van der Waals surface area (Å²) in [5.74, 6) is -0.708. The van der Waals surface area contributed by atoms with E-state index in [-0.39, 0.29) is 25.0 Å². The van der Waals surface area contributed by atoms with Crippen molar-refractivity contribution in [2.24, 2.45) is 0 Å². The van der Waals surface area contributed by atoms with Gasteiger partial charge in [0.05, 0.1) is 12.5 Å². The van der Waals surface area contributed by atoms with E-state index in [0.29, 0.717) is 0 Å². The molecule has 25 heavy (non-hydrogen) atoms. The minimum Gasteiger partial charge on any atom is -0.455 e. The molecule has 0 aromatic heterocycles. The predicted octanol–water partition coefficient (Wildman–Crippen LogP) is 3.57. The third-order valence-electron chi connectivity index (χ3n) is 4.24. The fourth-order valence-corrected chi connectivity index (χ4v) is 2.47. The molecule has 132 valence electrons. The number of carbonyl (C=O) groups excluding carboxylic acids is 2. The average molecular weight is 339 g/mol. The van der Waals surface area contributed by atoms with E-state index in [2.05, 4.69) is 18.3 Å². The van der Waals surface area contributed by atoms with Gasteiger partial charge < -0.3 is 10.1 Å². The van der Waals surface area contributed by atoms with Crippen LogP contribution in [0.1, 0.15) is 40.8 Å². The normalized spacial score (nSPS) is 11.7. The van der Waals surface area contributed by atoms with E-state index < -0.39 is 5.97 Å². The smallest absolute Gasteiger partial charge is 0.310 e. The summed E-state index contributed by atoms with van der Waals surface area (Å²) in [6, 6.07) is 13.6. The Balaban J connectivity index is 1.80. The predicted molar refractivity (Wildman–Crippen MR) is 98.3 cm³/mol. The Hall–Kier alpha value is -2.62. The van der Waals surface area contributed by atoms with Crippen LogP contribution in [-0.4, -0.2) is 18.5 Å². The van der Waals surface area contributed by atoms with Crippen molar-refractivity contribution in [3.63, 3.8) is 0 Å². The summed E-state index contributed by atoms with van der Waals surface area (Å²) in [6.45, 7) is 7.73. The number of esters is 1. The van der Waals surface area contributed by atoms with Crippen molar-refractivity contribution in [1.82, 2.24) is 5.32 Å². The fourth-order valence-electron chi connectivity index (χ4n) is 2.47. The van der Waals surface area contributed by atoms with Crippen LogP contribution in [0.25, 0.3) is 0 Å². The molecule has 0 aliphatic heterocycles. The SMILES string of the molecule is Cc1ccc(CC(=O)OCC(=O)N[C@@H](C)c2ccc(C)c(C)c2)cc1. The van der Waals surface area contributed by atoms with Crippen molar-refractivity contribution in [3.05, 3.63) is 70.3 Å². The van der Waals surface area contributed by atoms with Gasteiger partial charge in [0.15, 0.2) is 6.61 Å². The minimum atomic E-state index is -0.405. The molecule has 1 atom stereocenters. The number of aryl methyl sites for hydroxylation is 3. The van der Waals surface area contributed by atoms with E-state index in [0.717, 1.165) is 16.7 Å². The number of rotatable bonds is 6. The molecule has 2 aromatic rings. The summed E-state index contributed by atoms with van der Waals surface area (Å²) < 4.78 is 5.07. The van der Waals surface area contributed by atoms with Crippen LogP contribution < -0.4 is 5.32 Å². The van der Waals surface area contributed by atoms with E-state index in [1.165, 1.54) is 11.1 Å². The maximum Gasteiger partial charge on any atom is 0.310 e. The average Bonchev–Trinajstić information content (AvgIpc) is 2.57. The van der Waals surface area contributed by atoms with Gasteiger partial charge in [-0.25, -0.2) is 0 Å². The first-order valence-corrected chi connectivity index (χ1v) is 8.43. The number of carbonyl (C=O) groups is 2. The van der Waals surface area contributed by atoms with Crippen molar-refractivity contribution >= 4 is 11.9 Å². The van der Waals surface area contributed by atoms with Crippen LogP contribution in [0, 0.1) is 20.8 Å². The number of hydrogen-bond acceptors (Lipinski definition) is 3. The molecule has 4 nitrogen and oxygen atoms in total. The lowest BCUT2D eigenvalue weighted by Gasteiger charge is -2.15. The van der Waals surface area contributed by atoms with Crippen LogP contribution in [0.5, 0.6) is 0 Å². The maximum atomic E-state index is 12.0. The molecule has 0 saturated heterocycles. The van der Waals surface area contributed by atoms with Crippen LogP contribution in [0.15, 0.2) is 42.5 Å². The zero-order chi connectivity index (χ0) is 18.4. The first-order chi connectivity index (χ1) is 11.8. The molecular weight excluding hydrogens is 314 g/mol. The molecule has 0 bridgehead atoms. The number of amides is 1. The van der Waals surface area contributed by atoms with Crippen LogP contribution in [-0.2, 0) is 20.7 Å². The third-order valence-corrected chi connectivity index (χ3v) is 4.24. The van der Waals surface area contributed by atoms with Crippen molar-refractivity contribution < 1.29 is 14.3 Å². The van der Waals surface area contributed by atoms with E-state index in [4.69, 9.17) is 4.74 Å². The number of benzene rings is 2. The van der Waals surface area contributed by atoms with Gasteiger partial charge in [0.1, 0.15) is 0 Å². The highest BCUT2D eigenvalue weighted by molar-refractivity contribution is 5.81. The first kappa shape index (κ1) is 18.7. The van der Waals surface area contributed by atoms with Crippen molar-refractivity contribution in [1.29, 1.82) is 0 Å².